The van der Waals surface area contributed by atoms with E-state index in [1.807, 2.05) is 54.6 Å². The Balaban J connectivity index is 1.26. The summed E-state index contributed by atoms with van der Waals surface area (Å²) in [6.45, 7) is 0.349. The van der Waals surface area contributed by atoms with E-state index in [1.54, 1.807) is 0 Å². The van der Waals surface area contributed by atoms with E-state index in [9.17, 15) is 0 Å². The van der Waals surface area contributed by atoms with Gasteiger partial charge in [0.05, 0.1) is 39.2 Å². The lowest BCUT2D eigenvalue weighted by Gasteiger charge is -2.29. The lowest BCUT2D eigenvalue weighted by molar-refractivity contribution is 0.774. The highest BCUT2D eigenvalue weighted by molar-refractivity contribution is 6.23. The summed E-state index contributed by atoms with van der Waals surface area (Å²) in [6, 6.07) is 62.8. The number of nitrogens with one attached hydrogen (secondary N) is 1. The summed E-state index contributed by atoms with van der Waals surface area (Å²) in [6.07, 6.45) is 0. The molecule has 1 unspecified atom stereocenters. The zero-order chi connectivity index (χ0) is 36.0. The summed E-state index contributed by atoms with van der Waals surface area (Å²) < 4.78 is 4.77. The van der Waals surface area contributed by atoms with E-state index in [-0.39, 0.29) is 0 Å². The molecule has 1 atom stereocenters. The van der Waals surface area contributed by atoms with Crippen LogP contribution in [0.4, 0.5) is 0 Å². The van der Waals surface area contributed by atoms with Crippen molar-refractivity contribution in [3.8, 4) is 5.69 Å². The molecule has 54 heavy (non-hydrogen) atoms. The van der Waals surface area contributed by atoms with Crippen molar-refractivity contribution in [3.05, 3.63) is 204 Å². The van der Waals surface area contributed by atoms with Gasteiger partial charge in [-0.15, -0.1) is 0 Å². The molecule has 0 amide bonds. The van der Waals surface area contributed by atoms with E-state index in [0.717, 1.165) is 56.2 Å². The fraction of sp³-hybridized carbons (Fsp3) is 0.0417. The standard InChI is InChI=1S/C48H36N6/c49-42(32-17-5-1-6-18-32)44-45(43(33-19-7-2-8-20-33)51-48(52-44)34-21-9-3-10-22-34)50-31-53-40-27-15-13-25-36(40)38-29-30-39-37-26-14-16-28-41(37)54(47(39)46(38)53)35-23-11-4-12-24-35/h1-30,43H,31,49H2,(H,51,52)/b44-42+,50-45-. The number of hydrogen-bond acceptors (Lipinski definition) is 4. The Hall–Kier alpha value is -7.18. The van der Waals surface area contributed by atoms with Crippen LogP contribution in [0, 0.1) is 0 Å². The molecule has 0 spiro atoms. The van der Waals surface area contributed by atoms with Gasteiger partial charge in [0.1, 0.15) is 18.5 Å². The van der Waals surface area contributed by atoms with Crippen LogP contribution in [-0.4, -0.2) is 20.7 Å². The molecular formula is C48H36N6. The van der Waals surface area contributed by atoms with E-state index in [0.29, 0.717) is 12.4 Å². The summed E-state index contributed by atoms with van der Waals surface area (Å²) in [5.74, 6) is 0.753. The molecule has 258 valence electrons. The summed E-state index contributed by atoms with van der Waals surface area (Å²) >= 11 is 0. The number of amidine groups is 1. The molecule has 10 rings (SSSR count). The summed E-state index contributed by atoms with van der Waals surface area (Å²) in [4.78, 5) is 10.9. The first-order valence-electron chi connectivity index (χ1n) is 18.3. The third-order valence-electron chi connectivity index (χ3n) is 10.5. The Morgan fingerprint density at radius 1 is 0.574 bits per heavy atom. The third kappa shape index (κ3) is 5.19. The van der Waals surface area contributed by atoms with Crippen LogP contribution < -0.4 is 11.1 Å². The molecule has 6 nitrogen and oxygen atoms in total. The normalized spacial score (nSPS) is 16.3. The number of fused-ring (bicyclic) bond motifs is 7. The SMILES string of the molecule is N/C(=C1/NC(c2ccccc2)=NC(c2ccccc2)/C1=N/Cn1c2ccccc2c2ccc3c4ccccc4n(-c4ccccc4)c3c21)c1ccccc1. The van der Waals surface area contributed by atoms with Crippen molar-refractivity contribution in [2.24, 2.45) is 15.7 Å². The number of aliphatic imine (C=N–C) groups is 2. The van der Waals surface area contributed by atoms with Crippen LogP contribution in [0.2, 0.25) is 0 Å². The molecular weight excluding hydrogens is 661 g/mol. The smallest absolute Gasteiger partial charge is 0.133 e. The summed E-state index contributed by atoms with van der Waals surface area (Å²) in [5.41, 5.74) is 17.9. The maximum atomic E-state index is 7.14. The van der Waals surface area contributed by atoms with E-state index < -0.39 is 6.04 Å². The van der Waals surface area contributed by atoms with E-state index in [1.165, 1.54) is 27.1 Å². The zero-order valence-corrected chi connectivity index (χ0v) is 29.5. The second-order valence-electron chi connectivity index (χ2n) is 13.6. The number of aromatic nitrogens is 2. The van der Waals surface area contributed by atoms with Crippen molar-refractivity contribution >= 4 is 60.9 Å². The van der Waals surface area contributed by atoms with Gasteiger partial charge < -0.3 is 20.2 Å². The number of nitrogens with two attached hydrogens (primary N) is 1. The molecule has 1 aliphatic heterocycles. The Morgan fingerprint density at radius 2 is 1.13 bits per heavy atom. The maximum Gasteiger partial charge on any atom is 0.133 e. The number of para-hydroxylation sites is 3. The molecule has 7 aromatic carbocycles. The minimum absolute atomic E-state index is 0.349. The Bertz CT molecular complexity index is 2920. The monoisotopic (exact) mass is 696 g/mol. The first-order valence-corrected chi connectivity index (χ1v) is 18.3. The average Bonchev–Trinajstić information content (AvgIpc) is 3.76. The molecule has 0 radical (unpaired) electrons. The molecule has 2 aromatic heterocycles. The van der Waals surface area contributed by atoms with E-state index in [2.05, 4.69) is 142 Å². The van der Waals surface area contributed by atoms with Crippen LogP contribution in [0.5, 0.6) is 0 Å². The molecule has 3 heterocycles. The minimum atomic E-state index is -0.399. The highest BCUT2D eigenvalue weighted by Crippen LogP contribution is 2.40. The zero-order valence-electron chi connectivity index (χ0n) is 29.5. The van der Waals surface area contributed by atoms with Crippen molar-refractivity contribution in [3.63, 3.8) is 0 Å². The molecule has 0 saturated carbocycles. The maximum absolute atomic E-state index is 7.14. The van der Waals surface area contributed by atoms with Crippen LogP contribution >= 0.6 is 0 Å². The fourth-order valence-corrected chi connectivity index (χ4v) is 8.01. The van der Waals surface area contributed by atoms with E-state index in [4.69, 9.17) is 15.7 Å². The lowest BCUT2D eigenvalue weighted by Crippen LogP contribution is -2.38. The quantitative estimate of drug-likeness (QED) is 0.182. The minimum Gasteiger partial charge on any atom is -0.397 e. The van der Waals surface area contributed by atoms with Crippen molar-refractivity contribution in [2.75, 3.05) is 0 Å². The first-order chi connectivity index (χ1) is 26.7. The molecule has 0 bridgehead atoms. The van der Waals surface area contributed by atoms with Gasteiger partial charge in [-0.25, -0.2) is 0 Å². The molecule has 9 aromatic rings. The van der Waals surface area contributed by atoms with Crippen LogP contribution in [0.3, 0.4) is 0 Å². The summed E-state index contributed by atoms with van der Waals surface area (Å²) in [5, 5.41) is 8.44. The van der Waals surface area contributed by atoms with Crippen molar-refractivity contribution < 1.29 is 0 Å². The number of hydrogen-bond donors (Lipinski definition) is 2. The summed E-state index contributed by atoms with van der Waals surface area (Å²) in [7, 11) is 0. The van der Waals surface area contributed by atoms with Crippen molar-refractivity contribution in [1.82, 2.24) is 14.5 Å². The molecule has 0 saturated heterocycles. The second-order valence-corrected chi connectivity index (χ2v) is 13.6. The van der Waals surface area contributed by atoms with Crippen molar-refractivity contribution in [2.45, 2.75) is 12.7 Å². The predicted octanol–water partition coefficient (Wildman–Crippen LogP) is 10.4. The third-order valence-corrected chi connectivity index (χ3v) is 10.5. The van der Waals surface area contributed by atoms with Crippen molar-refractivity contribution in [1.29, 1.82) is 0 Å². The molecule has 6 heteroatoms. The van der Waals surface area contributed by atoms with Crippen LogP contribution in [0.15, 0.2) is 198 Å². The lowest BCUT2D eigenvalue weighted by atomic mass is 9.95. The van der Waals surface area contributed by atoms with Gasteiger partial charge in [-0.2, -0.15) is 0 Å². The second kappa shape index (κ2) is 13.1. The van der Waals surface area contributed by atoms with Gasteiger partial charge in [-0.1, -0.05) is 158 Å². The number of rotatable bonds is 6. The van der Waals surface area contributed by atoms with Gasteiger partial charge >= 0.3 is 0 Å². The number of nitrogens with zero attached hydrogens (tertiary/aromatic N) is 4. The Labute approximate surface area is 312 Å². The number of benzene rings is 7. The molecule has 3 N–H and O–H groups in total. The Morgan fingerprint density at radius 3 is 1.83 bits per heavy atom. The molecule has 1 aliphatic rings. The average molecular weight is 697 g/mol. The van der Waals surface area contributed by atoms with E-state index >= 15 is 0 Å². The van der Waals surface area contributed by atoms with Gasteiger partial charge in [-0.05, 0) is 35.4 Å². The topological polar surface area (TPSA) is 72.6 Å². The van der Waals surface area contributed by atoms with Gasteiger partial charge in [0, 0.05) is 32.8 Å². The van der Waals surface area contributed by atoms with Gasteiger partial charge in [-0.3, -0.25) is 9.98 Å². The van der Waals surface area contributed by atoms with Crippen LogP contribution in [0.25, 0.3) is 55.0 Å². The highest BCUT2D eigenvalue weighted by atomic mass is 15.1. The van der Waals surface area contributed by atoms with Gasteiger partial charge in [0.15, 0.2) is 0 Å². The fourth-order valence-electron chi connectivity index (χ4n) is 8.01. The van der Waals surface area contributed by atoms with Crippen LogP contribution in [-0.2, 0) is 6.67 Å². The van der Waals surface area contributed by atoms with Crippen LogP contribution in [0.1, 0.15) is 22.7 Å². The van der Waals surface area contributed by atoms with Gasteiger partial charge in [0.25, 0.3) is 0 Å². The first kappa shape index (κ1) is 31.5. The Kier molecular flexibility index (Phi) is 7.65. The molecule has 0 fully saturated rings. The molecule has 0 aliphatic carbocycles. The largest absolute Gasteiger partial charge is 0.397 e. The van der Waals surface area contributed by atoms with Gasteiger partial charge in [0.2, 0.25) is 0 Å². The predicted molar refractivity (Wildman–Crippen MR) is 224 cm³/mol. The highest BCUT2D eigenvalue weighted by Gasteiger charge is 2.30.